The lowest BCUT2D eigenvalue weighted by Crippen LogP contribution is -2.87. The molecule has 0 saturated heterocycles. The van der Waals surface area contributed by atoms with Gasteiger partial charge in [-0.15, -0.1) is 11.3 Å². The van der Waals surface area contributed by atoms with Crippen molar-refractivity contribution in [1.82, 2.24) is 4.90 Å². The van der Waals surface area contributed by atoms with Gasteiger partial charge in [0.05, 0.1) is 13.1 Å². The fourth-order valence-corrected chi connectivity index (χ4v) is 3.63. The molecule has 0 bridgehead atoms. The third-order valence-corrected chi connectivity index (χ3v) is 5.28. The monoisotopic (exact) mass is 347 g/mol. The zero-order valence-corrected chi connectivity index (χ0v) is 14.8. The highest BCUT2D eigenvalue weighted by Gasteiger charge is 2.24. The lowest BCUT2D eigenvalue weighted by atomic mass is 10.2. The Hall–Kier alpha value is -1.72. The van der Waals surface area contributed by atoms with Crippen LogP contribution in [0.4, 0.5) is 4.39 Å². The first-order valence-corrected chi connectivity index (χ1v) is 9.31. The number of hydrogen-bond donors (Lipinski definition) is 1. The van der Waals surface area contributed by atoms with Gasteiger partial charge in [0.1, 0.15) is 5.82 Å². The molecule has 3 rings (SSSR count). The van der Waals surface area contributed by atoms with Crippen molar-refractivity contribution in [2.24, 2.45) is 5.92 Å². The van der Waals surface area contributed by atoms with Crippen molar-refractivity contribution in [2.75, 3.05) is 13.1 Å². The number of nitrogens with zero attached hydrogens (tertiary/aromatic N) is 1. The van der Waals surface area contributed by atoms with Gasteiger partial charge in [-0.1, -0.05) is 12.1 Å². The van der Waals surface area contributed by atoms with Gasteiger partial charge in [-0.25, -0.2) is 4.39 Å². The lowest BCUT2D eigenvalue weighted by Gasteiger charge is -2.21. The van der Waals surface area contributed by atoms with E-state index in [9.17, 15) is 9.18 Å². The number of rotatable bonds is 8. The number of benzene rings is 1. The quantitative estimate of drug-likeness (QED) is 0.783. The Morgan fingerprint density at radius 3 is 2.58 bits per heavy atom. The van der Waals surface area contributed by atoms with Gasteiger partial charge >= 0.3 is 0 Å². The Morgan fingerprint density at radius 2 is 1.96 bits per heavy atom. The molecule has 1 heterocycles. The van der Waals surface area contributed by atoms with Crippen LogP contribution >= 0.6 is 11.3 Å². The highest BCUT2D eigenvalue weighted by atomic mass is 32.1. The molecule has 1 aliphatic rings. The number of thiophene rings is 1. The molecular weight excluding hydrogens is 323 g/mol. The molecule has 128 valence electrons. The van der Waals surface area contributed by atoms with Crippen molar-refractivity contribution in [1.29, 1.82) is 0 Å². The summed E-state index contributed by atoms with van der Waals surface area (Å²) in [5.41, 5.74) is 0.959. The van der Waals surface area contributed by atoms with Crippen molar-refractivity contribution in [3.63, 3.8) is 0 Å². The fourth-order valence-electron chi connectivity index (χ4n) is 2.73. The third kappa shape index (κ3) is 5.14. The zero-order chi connectivity index (χ0) is 16.9. The Morgan fingerprint density at radius 1 is 1.21 bits per heavy atom. The van der Waals surface area contributed by atoms with E-state index in [1.54, 1.807) is 23.5 Å². The smallest absolute Gasteiger partial charge is 0.278 e. The second-order valence-corrected chi connectivity index (χ2v) is 7.93. The Labute approximate surface area is 146 Å². The van der Waals surface area contributed by atoms with Gasteiger partial charge in [0.2, 0.25) is 0 Å². The molecule has 24 heavy (non-hydrogen) atoms. The molecule has 1 aromatic heterocycles. The minimum absolute atomic E-state index is 0.144. The minimum Gasteiger partial charge on any atom is -0.338 e. The first-order valence-electron chi connectivity index (χ1n) is 8.49. The molecule has 2 N–H and O–H groups in total. The number of halogens is 1. The van der Waals surface area contributed by atoms with E-state index < -0.39 is 0 Å². The van der Waals surface area contributed by atoms with E-state index in [0.29, 0.717) is 19.6 Å². The Bertz CT molecular complexity index is 679. The van der Waals surface area contributed by atoms with Crippen LogP contribution in [0.3, 0.4) is 0 Å². The highest BCUT2D eigenvalue weighted by molar-refractivity contribution is 7.11. The predicted octanol–water partition coefficient (Wildman–Crippen LogP) is 2.70. The van der Waals surface area contributed by atoms with Crippen molar-refractivity contribution in [3.05, 3.63) is 57.5 Å². The summed E-state index contributed by atoms with van der Waals surface area (Å²) >= 11 is 1.72. The second kappa shape index (κ2) is 7.90. The number of amides is 1. The Balaban J connectivity index is 1.63. The Kier molecular flexibility index (Phi) is 5.63. The number of carbonyl (C=O) groups excluding carboxylic acids is 1. The summed E-state index contributed by atoms with van der Waals surface area (Å²) in [5, 5.41) is 2.12. The van der Waals surface area contributed by atoms with Gasteiger partial charge in [0.25, 0.3) is 5.91 Å². The average Bonchev–Trinajstić information content (AvgIpc) is 3.29. The molecule has 5 heteroatoms. The second-order valence-electron chi connectivity index (χ2n) is 6.56. The van der Waals surface area contributed by atoms with Gasteiger partial charge in [-0.3, -0.25) is 4.79 Å². The third-order valence-electron chi connectivity index (χ3n) is 4.30. The predicted molar refractivity (Wildman–Crippen MR) is 94.1 cm³/mol. The van der Waals surface area contributed by atoms with Crippen LogP contribution in [-0.2, 0) is 17.9 Å². The summed E-state index contributed by atoms with van der Waals surface area (Å²) in [7, 11) is 0. The highest BCUT2D eigenvalue weighted by Crippen LogP contribution is 2.26. The van der Waals surface area contributed by atoms with E-state index in [2.05, 4.69) is 24.4 Å². The van der Waals surface area contributed by atoms with Gasteiger partial charge in [0.15, 0.2) is 6.54 Å². The molecule has 1 saturated carbocycles. The van der Waals surface area contributed by atoms with Crippen LogP contribution < -0.4 is 5.32 Å². The molecule has 0 radical (unpaired) electrons. The van der Waals surface area contributed by atoms with E-state index >= 15 is 0 Å². The molecular formula is C19H24FN2OS+. The normalized spacial score (nSPS) is 13.9. The van der Waals surface area contributed by atoms with Gasteiger partial charge < -0.3 is 10.2 Å². The molecule has 3 nitrogen and oxygen atoms in total. The van der Waals surface area contributed by atoms with E-state index in [1.807, 2.05) is 4.90 Å². The standard InChI is InChI=1S/C19H23FN2OS/c1-14-2-9-18(24-14)13-22(12-16-5-7-17(20)8-6-16)19(23)11-21-10-15-3-4-15/h2,5-9,15,21H,3-4,10-13H2,1H3/p+1. The summed E-state index contributed by atoms with van der Waals surface area (Å²) in [4.78, 5) is 17.0. The number of hydrogen-bond acceptors (Lipinski definition) is 2. The number of aryl methyl sites for hydroxylation is 1. The topological polar surface area (TPSA) is 36.9 Å². The van der Waals surface area contributed by atoms with E-state index in [0.717, 1.165) is 18.0 Å². The molecule has 1 aromatic carbocycles. The summed E-state index contributed by atoms with van der Waals surface area (Å²) in [6.45, 7) is 4.75. The van der Waals surface area contributed by atoms with Crippen molar-refractivity contribution >= 4 is 17.2 Å². The molecule has 0 unspecified atom stereocenters. The molecule has 0 atom stereocenters. The number of quaternary nitrogens is 1. The van der Waals surface area contributed by atoms with E-state index in [1.165, 1.54) is 34.7 Å². The summed E-state index contributed by atoms with van der Waals surface area (Å²) in [6.07, 6.45) is 2.61. The first-order chi connectivity index (χ1) is 11.6. The summed E-state index contributed by atoms with van der Waals surface area (Å²) in [6, 6.07) is 10.6. The fraction of sp³-hybridized carbons (Fsp3) is 0.421. The SMILES string of the molecule is Cc1ccc(CN(Cc2ccc(F)cc2)C(=O)C[NH2+]CC2CC2)s1. The van der Waals surface area contributed by atoms with Crippen LogP contribution in [-0.4, -0.2) is 23.9 Å². The average molecular weight is 347 g/mol. The molecule has 0 aliphatic heterocycles. The van der Waals surface area contributed by atoms with Gasteiger partial charge in [0, 0.05) is 22.2 Å². The maximum atomic E-state index is 13.1. The molecule has 1 fully saturated rings. The maximum absolute atomic E-state index is 13.1. The van der Waals surface area contributed by atoms with Crippen molar-refractivity contribution in [3.8, 4) is 0 Å². The largest absolute Gasteiger partial charge is 0.338 e. The van der Waals surface area contributed by atoms with Crippen LogP contribution in [0.1, 0.15) is 28.2 Å². The first kappa shape index (κ1) is 17.1. The van der Waals surface area contributed by atoms with Gasteiger partial charge in [-0.2, -0.15) is 0 Å². The molecule has 1 aliphatic carbocycles. The molecule has 1 amide bonds. The number of nitrogens with two attached hydrogens (primary N) is 1. The van der Waals surface area contributed by atoms with Crippen LogP contribution in [0.15, 0.2) is 36.4 Å². The van der Waals surface area contributed by atoms with E-state index in [-0.39, 0.29) is 11.7 Å². The summed E-state index contributed by atoms with van der Waals surface area (Å²) in [5.74, 6) is 0.706. The number of carbonyl (C=O) groups is 1. The summed E-state index contributed by atoms with van der Waals surface area (Å²) < 4.78 is 13.1. The molecule has 0 spiro atoms. The zero-order valence-electron chi connectivity index (χ0n) is 14.0. The van der Waals surface area contributed by atoms with E-state index in [4.69, 9.17) is 0 Å². The maximum Gasteiger partial charge on any atom is 0.278 e. The van der Waals surface area contributed by atoms with Crippen molar-refractivity contribution in [2.45, 2.75) is 32.9 Å². The van der Waals surface area contributed by atoms with Crippen molar-refractivity contribution < 1.29 is 14.5 Å². The minimum atomic E-state index is -0.247. The van der Waals surface area contributed by atoms with Gasteiger partial charge in [-0.05, 0) is 49.6 Å². The van der Waals surface area contributed by atoms with Crippen LogP contribution in [0.5, 0.6) is 0 Å². The lowest BCUT2D eigenvalue weighted by molar-refractivity contribution is -0.647. The molecule has 2 aromatic rings. The van der Waals surface area contributed by atoms with Crippen LogP contribution in [0.25, 0.3) is 0 Å². The van der Waals surface area contributed by atoms with Crippen LogP contribution in [0, 0.1) is 18.7 Å². The van der Waals surface area contributed by atoms with Crippen LogP contribution in [0.2, 0.25) is 0 Å².